The summed E-state index contributed by atoms with van der Waals surface area (Å²) in [5, 5.41) is 2.66. The van der Waals surface area contributed by atoms with Crippen LogP contribution in [-0.4, -0.2) is 0 Å². The van der Waals surface area contributed by atoms with Gasteiger partial charge in [-0.25, -0.2) is 4.57 Å². The fourth-order valence-corrected chi connectivity index (χ4v) is 3.61. The number of hydrogen-bond donors (Lipinski definition) is 0. The first-order valence-corrected chi connectivity index (χ1v) is 9.76. The Morgan fingerprint density at radius 1 is 1.00 bits per heavy atom. The molecule has 1 heterocycles. The molecule has 0 saturated heterocycles. The molecule has 3 aromatic rings. The van der Waals surface area contributed by atoms with Crippen LogP contribution >= 0.6 is 0 Å². The molecule has 0 amide bonds. The van der Waals surface area contributed by atoms with Gasteiger partial charge in [0.2, 0.25) is 5.69 Å². The van der Waals surface area contributed by atoms with Crippen molar-refractivity contribution in [3.63, 3.8) is 0 Å². The minimum atomic E-state index is 0.148. The lowest BCUT2D eigenvalue weighted by Crippen LogP contribution is -2.31. The van der Waals surface area contributed by atoms with Crippen LogP contribution in [-0.2, 0) is 12.5 Å². The Morgan fingerprint density at radius 3 is 2.38 bits per heavy atom. The van der Waals surface area contributed by atoms with E-state index < -0.39 is 0 Å². The Balaban J connectivity index is 2.27. The number of hydrogen-bond acceptors (Lipinski definition) is 0. The van der Waals surface area contributed by atoms with E-state index in [1.54, 1.807) is 0 Å². The van der Waals surface area contributed by atoms with Gasteiger partial charge in [-0.05, 0) is 58.9 Å². The van der Waals surface area contributed by atoms with Crippen molar-refractivity contribution in [1.29, 1.82) is 0 Å². The molecular formula is C25H32N+. The summed E-state index contributed by atoms with van der Waals surface area (Å²) in [4.78, 5) is 0. The minimum absolute atomic E-state index is 0.148. The molecule has 1 aromatic heterocycles. The van der Waals surface area contributed by atoms with Crippen molar-refractivity contribution in [2.75, 3.05) is 0 Å². The van der Waals surface area contributed by atoms with Gasteiger partial charge in [-0.2, -0.15) is 0 Å². The van der Waals surface area contributed by atoms with Crippen molar-refractivity contribution in [2.24, 2.45) is 7.05 Å². The Hall–Kier alpha value is -2.15. The molecule has 0 spiro atoms. The molecule has 1 nitrogen and oxygen atoms in total. The molecular weight excluding hydrogens is 314 g/mol. The third-order valence-electron chi connectivity index (χ3n) is 5.70. The molecule has 0 aliphatic heterocycles. The van der Waals surface area contributed by atoms with Gasteiger partial charge in [0.15, 0.2) is 6.20 Å². The van der Waals surface area contributed by atoms with Gasteiger partial charge < -0.3 is 0 Å². The van der Waals surface area contributed by atoms with Crippen LogP contribution in [0.5, 0.6) is 0 Å². The molecule has 0 N–H and O–H groups in total. The van der Waals surface area contributed by atoms with Crippen molar-refractivity contribution in [1.82, 2.24) is 0 Å². The molecule has 0 radical (unpaired) electrons. The molecule has 0 aliphatic carbocycles. The molecule has 1 atom stereocenters. The lowest BCUT2D eigenvalue weighted by molar-refractivity contribution is -0.659. The topological polar surface area (TPSA) is 3.88 Å². The predicted molar refractivity (Wildman–Crippen MR) is 113 cm³/mol. The number of benzene rings is 2. The summed E-state index contributed by atoms with van der Waals surface area (Å²) in [6.45, 7) is 13.6. The van der Waals surface area contributed by atoms with Gasteiger partial charge in [0, 0.05) is 11.6 Å². The highest BCUT2D eigenvalue weighted by atomic mass is 14.9. The first-order valence-electron chi connectivity index (χ1n) is 9.76. The van der Waals surface area contributed by atoms with E-state index in [2.05, 4.69) is 102 Å². The monoisotopic (exact) mass is 346 g/mol. The van der Waals surface area contributed by atoms with Crippen LogP contribution in [0.4, 0.5) is 0 Å². The van der Waals surface area contributed by atoms with Gasteiger partial charge in [-0.15, -0.1) is 0 Å². The highest BCUT2D eigenvalue weighted by molar-refractivity contribution is 5.94. The molecule has 26 heavy (non-hydrogen) atoms. The van der Waals surface area contributed by atoms with Gasteiger partial charge >= 0.3 is 0 Å². The number of aromatic nitrogens is 1. The van der Waals surface area contributed by atoms with Gasteiger partial charge in [0.25, 0.3) is 0 Å². The van der Waals surface area contributed by atoms with E-state index >= 15 is 0 Å². The first-order chi connectivity index (χ1) is 12.2. The lowest BCUT2D eigenvalue weighted by atomic mass is 9.84. The van der Waals surface area contributed by atoms with Crippen molar-refractivity contribution in [2.45, 2.75) is 59.3 Å². The molecule has 0 bridgehead atoms. The zero-order chi connectivity index (χ0) is 19.1. The smallest absolute Gasteiger partial charge is 0.200 e. The second kappa shape index (κ2) is 6.87. The molecule has 1 unspecified atom stereocenters. The average molecular weight is 347 g/mol. The maximum Gasteiger partial charge on any atom is 0.220 e. The van der Waals surface area contributed by atoms with Gasteiger partial charge in [0.05, 0.1) is 5.39 Å². The third kappa shape index (κ3) is 3.40. The normalized spacial score (nSPS) is 13.2. The van der Waals surface area contributed by atoms with Gasteiger partial charge in [0.1, 0.15) is 7.05 Å². The van der Waals surface area contributed by atoms with Crippen LogP contribution in [0.15, 0.2) is 48.7 Å². The molecule has 2 aromatic carbocycles. The zero-order valence-corrected chi connectivity index (χ0v) is 17.4. The summed E-state index contributed by atoms with van der Waals surface area (Å²) in [7, 11) is 2.15. The zero-order valence-electron chi connectivity index (χ0n) is 17.4. The number of pyridine rings is 1. The summed E-state index contributed by atoms with van der Waals surface area (Å²) in [6.07, 6.45) is 3.37. The van der Waals surface area contributed by atoms with E-state index in [1.165, 1.54) is 45.1 Å². The quantitative estimate of drug-likeness (QED) is 0.480. The van der Waals surface area contributed by atoms with Crippen LogP contribution < -0.4 is 4.57 Å². The predicted octanol–water partition coefficient (Wildman–Crippen LogP) is 6.45. The highest BCUT2D eigenvalue weighted by Gasteiger charge is 2.21. The van der Waals surface area contributed by atoms with Gasteiger partial charge in [-0.1, -0.05) is 58.9 Å². The van der Waals surface area contributed by atoms with Crippen LogP contribution in [0.1, 0.15) is 63.6 Å². The van der Waals surface area contributed by atoms with Crippen LogP contribution in [0.3, 0.4) is 0 Å². The molecule has 0 aliphatic rings. The minimum Gasteiger partial charge on any atom is -0.200 e. The molecule has 136 valence electrons. The fourth-order valence-electron chi connectivity index (χ4n) is 3.61. The summed E-state index contributed by atoms with van der Waals surface area (Å²) in [5.41, 5.74) is 6.93. The van der Waals surface area contributed by atoms with E-state index in [4.69, 9.17) is 0 Å². The molecule has 1 heteroatoms. The summed E-state index contributed by atoms with van der Waals surface area (Å²) in [6, 6.07) is 16.2. The van der Waals surface area contributed by atoms with Crippen LogP contribution in [0.25, 0.3) is 22.0 Å². The number of rotatable bonds is 3. The number of nitrogens with zero attached hydrogens (tertiary/aromatic N) is 1. The molecule has 3 rings (SSSR count). The maximum atomic E-state index is 2.38. The molecule has 0 fully saturated rings. The van der Waals surface area contributed by atoms with Crippen molar-refractivity contribution in [3.8, 4) is 11.3 Å². The van der Waals surface area contributed by atoms with Crippen molar-refractivity contribution >= 4 is 10.8 Å². The second-order valence-corrected chi connectivity index (χ2v) is 8.71. The maximum absolute atomic E-state index is 2.38. The largest absolute Gasteiger partial charge is 0.220 e. The number of aryl methyl sites for hydroxylation is 2. The van der Waals surface area contributed by atoms with E-state index in [-0.39, 0.29) is 5.41 Å². The van der Waals surface area contributed by atoms with Crippen LogP contribution in [0.2, 0.25) is 0 Å². The van der Waals surface area contributed by atoms with E-state index in [9.17, 15) is 0 Å². The average Bonchev–Trinajstić information content (AvgIpc) is 2.60. The Labute approximate surface area is 158 Å². The lowest BCUT2D eigenvalue weighted by Gasteiger charge is -2.20. The first kappa shape index (κ1) is 18.6. The van der Waals surface area contributed by atoms with E-state index in [0.717, 1.165) is 0 Å². The van der Waals surface area contributed by atoms with E-state index in [0.29, 0.717) is 5.92 Å². The SMILES string of the molecule is CCC(C)c1ccc2c(-c3cc(C(C)(C)C)ccc3C)[n+](C)ccc2c1. The van der Waals surface area contributed by atoms with Crippen molar-refractivity contribution < 1.29 is 4.57 Å². The second-order valence-electron chi connectivity index (χ2n) is 8.71. The van der Waals surface area contributed by atoms with Crippen molar-refractivity contribution in [3.05, 3.63) is 65.4 Å². The highest BCUT2D eigenvalue weighted by Crippen LogP contribution is 2.33. The Kier molecular flexibility index (Phi) is 4.92. The molecule has 0 saturated carbocycles. The fraction of sp³-hybridized carbons (Fsp3) is 0.400. The van der Waals surface area contributed by atoms with Crippen LogP contribution in [0, 0.1) is 6.92 Å². The van der Waals surface area contributed by atoms with E-state index in [1.807, 2.05) is 0 Å². The number of fused-ring (bicyclic) bond motifs is 1. The Morgan fingerprint density at radius 2 is 1.73 bits per heavy atom. The summed E-state index contributed by atoms with van der Waals surface area (Å²) >= 11 is 0. The standard InChI is InChI=1S/C25H32N/c1-8-17(2)19-10-12-22-20(15-19)13-14-26(7)24(22)23-16-21(25(4,5)6)11-9-18(23)3/h9-17H,8H2,1-7H3/q+1. The summed E-state index contributed by atoms with van der Waals surface area (Å²) in [5.74, 6) is 0.600. The summed E-state index contributed by atoms with van der Waals surface area (Å²) < 4.78 is 2.26. The third-order valence-corrected chi connectivity index (χ3v) is 5.70. The Bertz CT molecular complexity index is 944. The van der Waals surface area contributed by atoms with Gasteiger partial charge in [-0.3, -0.25) is 0 Å².